The Kier molecular flexibility index (Phi) is 6.82. The Balaban J connectivity index is 1.23. The molecule has 1 fully saturated rings. The Morgan fingerprint density at radius 2 is 2.00 bits per heavy atom. The number of amides is 2. The molecule has 5 rings (SSSR count). The molecule has 1 aliphatic rings. The molecule has 1 N–H and O–H groups in total. The van der Waals surface area contributed by atoms with Gasteiger partial charge in [-0.3, -0.25) is 14.3 Å². The summed E-state index contributed by atoms with van der Waals surface area (Å²) < 4.78 is 37.5. The number of carbonyl (C=O) groups is 2. The lowest BCUT2D eigenvalue weighted by atomic mass is 9.92. The summed E-state index contributed by atoms with van der Waals surface area (Å²) in [5.41, 5.74) is 2.14. The van der Waals surface area contributed by atoms with Crippen LogP contribution in [0.3, 0.4) is 0 Å². The van der Waals surface area contributed by atoms with Gasteiger partial charge >= 0.3 is 0 Å². The normalized spacial score (nSPS) is 16.8. The molecule has 0 spiro atoms. The molecule has 12 heteroatoms. The number of piperidine rings is 1. The number of carbonyl (C=O) groups excluding carboxylic acids is 2. The van der Waals surface area contributed by atoms with E-state index in [1.165, 1.54) is 24.3 Å². The van der Waals surface area contributed by atoms with Crippen molar-refractivity contribution in [3.63, 3.8) is 0 Å². The van der Waals surface area contributed by atoms with E-state index in [0.29, 0.717) is 11.1 Å². The third kappa shape index (κ3) is 5.20. The number of aromatic nitrogens is 4. The Bertz CT molecular complexity index is 1570. The zero-order chi connectivity index (χ0) is 27.7. The van der Waals surface area contributed by atoms with E-state index in [2.05, 4.69) is 20.6 Å². The molecule has 1 aliphatic heterocycles. The number of benzene rings is 2. The van der Waals surface area contributed by atoms with Crippen LogP contribution in [0.25, 0.3) is 22.3 Å². The lowest BCUT2D eigenvalue weighted by Crippen LogP contribution is -2.52. The molecule has 10 nitrogen and oxygen atoms in total. The highest BCUT2D eigenvalue weighted by Crippen LogP contribution is 2.40. The summed E-state index contributed by atoms with van der Waals surface area (Å²) in [5.74, 6) is -5.81. The van der Waals surface area contributed by atoms with Crippen LogP contribution in [-0.2, 0) is 4.79 Å². The van der Waals surface area contributed by atoms with Gasteiger partial charge in [0, 0.05) is 29.1 Å². The van der Waals surface area contributed by atoms with Crippen molar-refractivity contribution >= 4 is 22.7 Å². The molecule has 4 aromatic rings. The quantitative estimate of drug-likeness (QED) is 0.398. The molecule has 2 aromatic heterocycles. The number of halogens is 2. The first kappa shape index (κ1) is 26.0. The number of nitrogens with one attached hydrogen (secondary N) is 1. The van der Waals surface area contributed by atoms with Crippen LogP contribution in [0.4, 0.5) is 8.78 Å². The number of hydrogen-bond acceptors (Lipinski definition) is 7. The van der Waals surface area contributed by atoms with Crippen LogP contribution >= 0.6 is 0 Å². The van der Waals surface area contributed by atoms with E-state index in [1.807, 2.05) is 36.7 Å². The number of hydrogen-bond donors (Lipinski definition) is 1. The van der Waals surface area contributed by atoms with Crippen molar-refractivity contribution in [2.24, 2.45) is 0 Å². The van der Waals surface area contributed by atoms with Gasteiger partial charge in [0.2, 0.25) is 17.6 Å². The Morgan fingerprint density at radius 3 is 2.69 bits per heavy atom. The van der Waals surface area contributed by atoms with E-state index >= 15 is 8.78 Å². The number of alkyl halides is 2. The summed E-state index contributed by atoms with van der Waals surface area (Å²) in [6, 6.07) is 13.4. The van der Waals surface area contributed by atoms with E-state index in [9.17, 15) is 9.59 Å². The highest BCUT2D eigenvalue weighted by atomic mass is 19.3. The van der Waals surface area contributed by atoms with Crippen LogP contribution in [0.15, 0.2) is 53.2 Å². The fourth-order valence-corrected chi connectivity index (χ4v) is 4.61. The summed E-state index contributed by atoms with van der Waals surface area (Å²) in [7, 11) is 0. The van der Waals surface area contributed by atoms with Crippen molar-refractivity contribution in [2.45, 2.75) is 38.2 Å². The van der Waals surface area contributed by atoms with Gasteiger partial charge in [-0.05, 0) is 50.6 Å². The number of nitriles is 1. The number of rotatable bonds is 6. The van der Waals surface area contributed by atoms with Crippen LogP contribution in [0.1, 0.15) is 54.0 Å². The molecular weight excluding hydrogens is 508 g/mol. The molecule has 2 amide bonds. The molecule has 0 saturated carbocycles. The molecule has 39 heavy (non-hydrogen) atoms. The average Bonchev–Trinajstić information content (AvgIpc) is 3.58. The van der Waals surface area contributed by atoms with Gasteiger partial charge < -0.3 is 14.7 Å². The van der Waals surface area contributed by atoms with Crippen molar-refractivity contribution in [3.8, 4) is 17.5 Å². The van der Waals surface area contributed by atoms with E-state index in [1.54, 1.807) is 12.3 Å². The number of nitrogens with zero attached hydrogens (tertiary/aromatic N) is 6. The van der Waals surface area contributed by atoms with Gasteiger partial charge in [-0.15, -0.1) is 0 Å². The second-order valence-electron chi connectivity index (χ2n) is 9.70. The highest BCUT2D eigenvalue weighted by molar-refractivity contribution is 5.96. The lowest BCUT2D eigenvalue weighted by Gasteiger charge is -2.36. The Hall–Kier alpha value is -4.66. The van der Waals surface area contributed by atoms with E-state index in [0.717, 1.165) is 15.8 Å². The van der Waals surface area contributed by atoms with Crippen molar-refractivity contribution in [1.29, 1.82) is 5.26 Å². The second-order valence-corrected chi connectivity index (χ2v) is 9.70. The van der Waals surface area contributed by atoms with Crippen molar-refractivity contribution in [1.82, 2.24) is 30.1 Å². The van der Waals surface area contributed by atoms with Gasteiger partial charge in [0.25, 0.3) is 11.8 Å². The second kappa shape index (κ2) is 10.2. The standard InChI is InChI=1S/C27H25F2N7O3/c1-16(2)36-22-11-19(7-8-20(22)13-32-36)24-33-26(39-34-24)21-9-10-35(15-27(21,28)29)23(37)14-31-25(38)18-5-3-17(12-30)4-6-18/h3-8,11,13,16,21H,9-10,14-15H2,1-2H3,(H,31,38). The Labute approximate surface area is 222 Å². The molecule has 1 atom stereocenters. The third-order valence-corrected chi connectivity index (χ3v) is 6.71. The van der Waals surface area contributed by atoms with E-state index in [4.69, 9.17) is 9.78 Å². The van der Waals surface area contributed by atoms with Gasteiger partial charge in [-0.25, -0.2) is 8.78 Å². The summed E-state index contributed by atoms with van der Waals surface area (Å²) in [5, 5.41) is 20.5. The summed E-state index contributed by atoms with van der Waals surface area (Å²) in [6.45, 7) is 2.80. The zero-order valence-corrected chi connectivity index (χ0v) is 21.3. The molecule has 0 bridgehead atoms. The molecule has 1 unspecified atom stereocenters. The molecule has 1 saturated heterocycles. The minimum Gasteiger partial charge on any atom is -0.343 e. The van der Waals surface area contributed by atoms with Crippen LogP contribution in [0.2, 0.25) is 0 Å². The summed E-state index contributed by atoms with van der Waals surface area (Å²) in [6.07, 6.45) is 1.68. The average molecular weight is 534 g/mol. The molecule has 200 valence electrons. The molecule has 2 aromatic carbocycles. The minimum atomic E-state index is -3.31. The van der Waals surface area contributed by atoms with Gasteiger partial charge in [0.15, 0.2) is 0 Å². The van der Waals surface area contributed by atoms with Gasteiger partial charge in [0.1, 0.15) is 5.92 Å². The van der Waals surface area contributed by atoms with Crippen LogP contribution < -0.4 is 5.32 Å². The minimum absolute atomic E-state index is 0.0447. The molecule has 0 aliphatic carbocycles. The van der Waals surface area contributed by atoms with Crippen LogP contribution in [-0.4, -0.2) is 62.2 Å². The lowest BCUT2D eigenvalue weighted by molar-refractivity contribution is -0.144. The topological polar surface area (TPSA) is 130 Å². The maximum absolute atomic E-state index is 15.2. The first-order valence-corrected chi connectivity index (χ1v) is 12.4. The smallest absolute Gasteiger partial charge is 0.276 e. The van der Waals surface area contributed by atoms with E-state index < -0.39 is 36.7 Å². The van der Waals surface area contributed by atoms with Gasteiger partial charge in [-0.2, -0.15) is 15.3 Å². The largest absolute Gasteiger partial charge is 0.343 e. The molecule has 3 heterocycles. The van der Waals surface area contributed by atoms with Crippen LogP contribution in [0, 0.1) is 11.3 Å². The zero-order valence-electron chi connectivity index (χ0n) is 21.3. The fourth-order valence-electron chi connectivity index (χ4n) is 4.61. The van der Waals surface area contributed by atoms with Gasteiger partial charge in [-0.1, -0.05) is 17.3 Å². The van der Waals surface area contributed by atoms with Crippen LogP contribution in [0.5, 0.6) is 0 Å². The van der Waals surface area contributed by atoms with Crippen molar-refractivity contribution < 1.29 is 22.9 Å². The van der Waals surface area contributed by atoms with Crippen molar-refractivity contribution in [3.05, 3.63) is 65.7 Å². The predicted octanol–water partition coefficient (Wildman–Crippen LogP) is 3.92. The molecular formula is C27H25F2N7O3. The van der Waals surface area contributed by atoms with Crippen molar-refractivity contribution in [2.75, 3.05) is 19.6 Å². The molecule has 0 radical (unpaired) electrons. The first-order valence-electron chi connectivity index (χ1n) is 12.4. The number of likely N-dealkylation sites (tertiary alicyclic amines) is 1. The third-order valence-electron chi connectivity index (χ3n) is 6.71. The maximum Gasteiger partial charge on any atom is 0.276 e. The SMILES string of the molecule is CC(C)n1ncc2ccc(-c3noc(C4CCN(C(=O)CNC(=O)c5ccc(C#N)cc5)CC4(F)F)n3)cc21. The van der Waals surface area contributed by atoms with Gasteiger partial charge in [0.05, 0.1) is 36.4 Å². The summed E-state index contributed by atoms with van der Waals surface area (Å²) in [4.78, 5) is 30.2. The monoisotopic (exact) mass is 533 g/mol. The predicted molar refractivity (Wildman–Crippen MR) is 136 cm³/mol. The van der Waals surface area contributed by atoms with E-state index in [-0.39, 0.29) is 36.3 Å². The fraction of sp³-hybridized carbons (Fsp3) is 0.333. The number of fused-ring (bicyclic) bond motifs is 1. The Morgan fingerprint density at radius 1 is 1.23 bits per heavy atom. The maximum atomic E-state index is 15.2. The highest BCUT2D eigenvalue weighted by Gasteiger charge is 2.49. The first-order chi connectivity index (χ1) is 18.7. The summed E-state index contributed by atoms with van der Waals surface area (Å²) >= 11 is 0.